The van der Waals surface area contributed by atoms with E-state index in [1.807, 2.05) is 18.2 Å². The molecule has 1 atom stereocenters. The molecule has 0 aliphatic heterocycles. The standard InChI is InChI=1S/C24H45NO4SSi2/c1-22(2,3)31(7,8)28-19-14-15-20(21(18-19)29-32(9,10)23(4,5)6)24(25-30(26)27)16-12-11-13-17-24/h14-15,18,25H,11-13,16-17H2,1-10H3,(H,26,27)/p-1. The molecule has 1 unspecified atom stereocenters. The van der Waals surface area contributed by atoms with Crippen molar-refractivity contribution in [2.75, 3.05) is 0 Å². The first-order valence-electron chi connectivity index (χ1n) is 11.8. The fourth-order valence-corrected chi connectivity index (χ4v) is 6.34. The Bertz CT molecular complexity index is 822. The Morgan fingerprint density at radius 1 is 0.906 bits per heavy atom. The molecule has 1 aliphatic carbocycles. The molecular formula is C24H44NO4SSi2-. The Kier molecular flexibility index (Phi) is 8.20. The highest BCUT2D eigenvalue weighted by molar-refractivity contribution is 7.77. The van der Waals surface area contributed by atoms with Crippen molar-refractivity contribution in [1.82, 2.24) is 4.72 Å². The third kappa shape index (κ3) is 6.26. The Hall–Kier alpha value is -0.676. The minimum atomic E-state index is -2.35. The summed E-state index contributed by atoms with van der Waals surface area (Å²) in [6.45, 7) is 22.3. The highest BCUT2D eigenvalue weighted by atomic mass is 32.2. The van der Waals surface area contributed by atoms with Gasteiger partial charge in [-0.3, -0.25) is 4.21 Å². The van der Waals surface area contributed by atoms with Crippen LogP contribution in [-0.4, -0.2) is 25.4 Å². The van der Waals surface area contributed by atoms with E-state index in [4.69, 9.17) is 8.85 Å². The summed E-state index contributed by atoms with van der Waals surface area (Å²) in [6, 6.07) is 6.05. The van der Waals surface area contributed by atoms with Crippen molar-refractivity contribution < 1.29 is 17.6 Å². The molecule has 32 heavy (non-hydrogen) atoms. The lowest BCUT2D eigenvalue weighted by Gasteiger charge is -2.43. The van der Waals surface area contributed by atoms with Crippen molar-refractivity contribution in [3.05, 3.63) is 23.8 Å². The molecule has 1 aromatic rings. The third-order valence-corrected chi connectivity index (χ3v) is 17.1. The van der Waals surface area contributed by atoms with E-state index in [2.05, 4.69) is 72.5 Å². The molecule has 1 aliphatic rings. The molecule has 0 saturated heterocycles. The van der Waals surface area contributed by atoms with Crippen LogP contribution < -0.4 is 13.6 Å². The van der Waals surface area contributed by atoms with Gasteiger partial charge < -0.3 is 13.4 Å². The van der Waals surface area contributed by atoms with Crippen molar-refractivity contribution in [2.45, 2.75) is 115 Å². The van der Waals surface area contributed by atoms with Gasteiger partial charge in [-0.1, -0.05) is 60.8 Å². The van der Waals surface area contributed by atoms with E-state index in [1.54, 1.807) is 0 Å². The van der Waals surface area contributed by atoms with Crippen LogP contribution in [0.2, 0.25) is 36.3 Å². The first-order valence-corrected chi connectivity index (χ1v) is 18.7. The van der Waals surface area contributed by atoms with Gasteiger partial charge >= 0.3 is 0 Å². The van der Waals surface area contributed by atoms with Crippen LogP contribution in [0.3, 0.4) is 0 Å². The molecule has 0 radical (unpaired) electrons. The van der Waals surface area contributed by atoms with Gasteiger partial charge in [0.1, 0.15) is 11.5 Å². The van der Waals surface area contributed by atoms with Crippen LogP contribution in [0.25, 0.3) is 0 Å². The summed E-state index contributed by atoms with van der Waals surface area (Å²) in [4.78, 5) is 0. The highest BCUT2D eigenvalue weighted by Crippen LogP contribution is 2.46. The molecule has 0 heterocycles. The molecule has 184 valence electrons. The van der Waals surface area contributed by atoms with Gasteiger partial charge in [0.25, 0.3) is 0 Å². The van der Waals surface area contributed by atoms with E-state index in [1.165, 1.54) is 0 Å². The normalized spacial score (nSPS) is 18.8. The molecular weight excluding hydrogens is 455 g/mol. The van der Waals surface area contributed by atoms with E-state index < -0.39 is 33.4 Å². The van der Waals surface area contributed by atoms with E-state index >= 15 is 0 Å². The van der Waals surface area contributed by atoms with Crippen molar-refractivity contribution in [2.24, 2.45) is 0 Å². The van der Waals surface area contributed by atoms with Crippen molar-refractivity contribution in [3.63, 3.8) is 0 Å². The predicted molar refractivity (Wildman–Crippen MR) is 139 cm³/mol. The minimum absolute atomic E-state index is 0.0229. The molecule has 5 nitrogen and oxygen atoms in total. The van der Waals surface area contributed by atoms with Crippen LogP contribution in [0, 0.1) is 0 Å². The molecule has 1 fully saturated rings. The second-order valence-electron chi connectivity index (χ2n) is 12.4. The first kappa shape index (κ1) is 27.6. The summed E-state index contributed by atoms with van der Waals surface area (Å²) in [5.41, 5.74) is 0.312. The third-order valence-electron chi connectivity index (χ3n) is 7.80. The lowest BCUT2D eigenvalue weighted by Crippen LogP contribution is -2.47. The fraction of sp³-hybridized carbons (Fsp3) is 0.750. The average molecular weight is 499 g/mol. The van der Waals surface area contributed by atoms with E-state index in [0.717, 1.165) is 49.2 Å². The monoisotopic (exact) mass is 498 g/mol. The van der Waals surface area contributed by atoms with Gasteiger partial charge in [0.2, 0.25) is 16.6 Å². The SMILES string of the molecule is CC(C)(C)[Si](C)(C)Oc1ccc(C2(NS(=O)[O-])CCCCC2)c(O[Si](C)(C)C(C)(C)C)c1. The number of benzene rings is 1. The van der Waals surface area contributed by atoms with Crippen LogP contribution in [0.15, 0.2) is 18.2 Å². The summed E-state index contributed by atoms with van der Waals surface area (Å²) in [7, 11) is -4.18. The van der Waals surface area contributed by atoms with Gasteiger partial charge in [-0.25, -0.2) is 4.72 Å². The lowest BCUT2D eigenvalue weighted by molar-refractivity contribution is 0.265. The van der Waals surface area contributed by atoms with E-state index in [9.17, 15) is 8.76 Å². The number of nitrogens with one attached hydrogen (secondary N) is 1. The minimum Gasteiger partial charge on any atom is -0.760 e. The smallest absolute Gasteiger partial charge is 0.250 e. The Balaban J connectivity index is 2.61. The quantitative estimate of drug-likeness (QED) is 0.324. The number of rotatable bonds is 7. The maximum Gasteiger partial charge on any atom is 0.250 e. The lowest BCUT2D eigenvalue weighted by atomic mass is 9.77. The van der Waals surface area contributed by atoms with E-state index in [0.29, 0.717) is 0 Å². The van der Waals surface area contributed by atoms with Gasteiger partial charge in [-0.15, -0.1) is 0 Å². The molecule has 0 aromatic heterocycles. The van der Waals surface area contributed by atoms with Crippen molar-refractivity contribution >= 4 is 27.9 Å². The largest absolute Gasteiger partial charge is 0.760 e. The summed E-state index contributed by atoms with van der Waals surface area (Å²) < 4.78 is 39.9. The van der Waals surface area contributed by atoms with E-state index in [-0.39, 0.29) is 10.1 Å². The second kappa shape index (κ2) is 9.52. The van der Waals surface area contributed by atoms with Crippen molar-refractivity contribution in [3.8, 4) is 11.5 Å². The molecule has 2 rings (SSSR count). The van der Waals surface area contributed by atoms with Gasteiger partial charge in [0.05, 0.1) is 5.54 Å². The molecule has 8 heteroatoms. The van der Waals surface area contributed by atoms with Crippen LogP contribution in [0.1, 0.15) is 79.2 Å². The van der Waals surface area contributed by atoms with Crippen LogP contribution in [0.5, 0.6) is 11.5 Å². The zero-order valence-electron chi connectivity index (χ0n) is 21.8. The Morgan fingerprint density at radius 2 is 1.41 bits per heavy atom. The summed E-state index contributed by atoms with van der Waals surface area (Å²) in [5, 5.41) is 0.104. The molecule has 1 aromatic carbocycles. The van der Waals surface area contributed by atoms with Crippen molar-refractivity contribution in [1.29, 1.82) is 0 Å². The molecule has 0 spiro atoms. The predicted octanol–water partition coefficient (Wildman–Crippen LogP) is 7.00. The Labute approximate surface area is 200 Å². The number of hydrogen-bond donors (Lipinski definition) is 1. The zero-order valence-corrected chi connectivity index (χ0v) is 24.6. The summed E-state index contributed by atoms with van der Waals surface area (Å²) in [5.74, 6) is 1.58. The van der Waals surface area contributed by atoms with Crippen LogP contribution in [-0.2, 0) is 16.8 Å². The van der Waals surface area contributed by atoms with Gasteiger partial charge in [-0.05, 0) is 61.2 Å². The zero-order chi connectivity index (χ0) is 24.6. The molecule has 0 amide bonds. The van der Waals surface area contributed by atoms with Crippen LogP contribution >= 0.6 is 0 Å². The second-order valence-corrected chi connectivity index (χ2v) is 22.5. The van der Waals surface area contributed by atoms with Gasteiger partial charge in [-0.2, -0.15) is 0 Å². The van der Waals surface area contributed by atoms with Crippen LogP contribution in [0.4, 0.5) is 0 Å². The van der Waals surface area contributed by atoms with Gasteiger partial charge in [0, 0.05) is 22.9 Å². The molecule has 0 bridgehead atoms. The Morgan fingerprint density at radius 3 is 1.88 bits per heavy atom. The maximum atomic E-state index is 11.8. The molecule has 1 saturated carbocycles. The first-order chi connectivity index (χ1) is 14.4. The summed E-state index contributed by atoms with van der Waals surface area (Å²) in [6.07, 6.45) is 4.66. The average Bonchev–Trinajstić information content (AvgIpc) is 2.59. The molecule has 1 N–H and O–H groups in total. The highest BCUT2D eigenvalue weighted by Gasteiger charge is 2.43. The summed E-state index contributed by atoms with van der Waals surface area (Å²) >= 11 is -2.35. The number of hydrogen-bond acceptors (Lipinski definition) is 4. The van der Waals surface area contributed by atoms with Gasteiger partial charge in [0.15, 0.2) is 0 Å². The fourth-order valence-electron chi connectivity index (χ4n) is 3.66. The topological polar surface area (TPSA) is 70.6 Å². The maximum absolute atomic E-state index is 11.8.